The van der Waals surface area contributed by atoms with Crippen molar-refractivity contribution in [1.82, 2.24) is 9.78 Å². The van der Waals surface area contributed by atoms with E-state index < -0.39 is 5.91 Å². The van der Waals surface area contributed by atoms with Crippen LogP contribution < -0.4 is 10.9 Å². The van der Waals surface area contributed by atoms with Gasteiger partial charge in [0.05, 0.1) is 17.5 Å². The fourth-order valence-electron chi connectivity index (χ4n) is 4.20. The van der Waals surface area contributed by atoms with Crippen molar-refractivity contribution in [3.05, 3.63) is 92.2 Å². The summed E-state index contributed by atoms with van der Waals surface area (Å²) in [6.07, 6.45) is 3.96. The quantitative estimate of drug-likeness (QED) is 0.506. The second kappa shape index (κ2) is 8.40. The molecule has 1 aliphatic carbocycles. The number of fused-ring (bicyclic) bond motifs is 2. The van der Waals surface area contributed by atoms with E-state index in [1.54, 1.807) is 24.3 Å². The van der Waals surface area contributed by atoms with Crippen molar-refractivity contribution in [3.8, 4) is 6.07 Å². The maximum absolute atomic E-state index is 13.3. The van der Waals surface area contributed by atoms with Crippen LogP contribution in [0.5, 0.6) is 0 Å². The van der Waals surface area contributed by atoms with Crippen LogP contribution in [0.3, 0.4) is 0 Å². The smallest absolute Gasteiger partial charge is 0.277 e. The molecule has 1 amide bonds. The lowest BCUT2D eigenvalue weighted by Crippen LogP contribution is -2.28. The summed E-state index contributed by atoms with van der Waals surface area (Å²) in [5.41, 5.74) is 2.46. The molecule has 7 heteroatoms. The highest BCUT2D eigenvalue weighted by atomic mass is 32.1. The van der Waals surface area contributed by atoms with E-state index in [4.69, 9.17) is 0 Å². The van der Waals surface area contributed by atoms with E-state index in [1.807, 2.05) is 30.3 Å². The number of thiophene rings is 1. The van der Waals surface area contributed by atoms with Gasteiger partial charge in [0.15, 0.2) is 5.69 Å². The lowest BCUT2D eigenvalue weighted by molar-refractivity contribution is 0.102. The zero-order valence-corrected chi connectivity index (χ0v) is 18.1. The number of hydrogen-bond donors (Lipinski definition) is 1. The highest BCUT2D eigenvalue weighted by molar-refractivity contribution is 7.16. The molecule has 0 aliphatic heterocycles. The Morgan fingerprint density at radius 3 is 2.56 bits per heavy atom. The van der Waals surface area contributed by atoms with Gasteiger partial charge in [-0.05, 0) is 42.9 Å². The zero-order chi connectivity index (χ0) is 22.1. The Kier molecular flexibility index (Phi) is 5.29. The van der Waals surface area contributed by atoms with Crippen molar-refractivity contribution >= 4 is 33.0 Å². The molecule has 0 atom stereocenters. The molecule has 32 heavy (non-hydrogen) atoms. The van der Waals surface area contributed by atoms with E-state index in [0.717, 1.165) is 36.8 Å². The molecular weight excluding hydrogens is 420 g/mol. The molecular formula is C25H20N4O2S. The predicted molar refractivity (Wildman–Crippen MR) is 125 cm³/mol. The summed E-state index contributed by atoms with van der Waals surface area (Å²) >= 11 is 1.47. The molecule has 6 nitrogen and oxygen atoms in total. The number of rotatable bonds is 4. The van der Waals surface area contributed by atoms with E-state index in [2.05, 4.69) is 16.5 Å². The number of hydrogen-bond acceptors (Lipinski definition) is 5. The fraction of sp³-hybridized carbons (Fsp3) is 0.200. The normalized spacial score (nSPS) is 12.8. The lowest BCUT2D eigenvalue weighted by Gasteiger charge is -2.11. The van der Waals surface area contributed by atoms with Crippen LogP contribution in [0.1, 0.15) is 44.9 Å². The molecule has 0 fully saturated rings. The van der Waals surface area contributed by atoms with Gasteiger partial charge >= 0.3 is 0 Å². The molecule has 0 unspecified atom stereocenters. The van der Waals surface area contributed by atoms with Gasteiger partial charge in [-0.15, -0.1) is 11.3 Å². The molecule has 2 aromatic carbocycles. The average molecular weight is 441 g/mol. The van der Waals surface area contributed by atoms with E-state index in [1.165, 1.54) is 20.9 Å². The number of carbonyl (C=O) groups is 1. The molecule has 2 aromatic heterocycles. The van der Waals surface area contributed by atoms with Gasteiger partial charge in [-0.25, -0.2) is 4.68 Å². The Hall–Kier alpha value is -3.76. The van der Waals surface area contributed by atoms with Gasteiger partial charge in [-0.1, -0.05) is 48.5 Å². The average Bonchev–Trinajstić information content (AvgIpc) is 3.18. The molecule has 0 saturated heterocycles. The highest BCUT2D eigenvalue weighted by Gasteiger charge is 2.24. The SMILES string of the molecule is N#Cc1c(NC(=O)c2nn(Cc3ccccc3)c(=O)c3ccccc23)sc2c1CCCC2. The minimum absolute atomic E-state index is 0.173. The minimum atomic E-state index is -0.418. The van der Waals surface area contributed by atoms with Crippen molar-refractivity contribution in [3.63, 3.8) is 0 Å². The maximum atomic E-state index is 13.3. The van der Waals surface area contributed by atoms with Crippen LogP contribution >= 0.6 is 11.3 Å². The van der Waals surface area contributed by atoms with Gasteiger partial charge in [0.25, 0.3) is 11.5 Å². The third-order valence-corrected chi connectivity index (χ3v) is 6.98. The largest absolute Gasteiger partial charge is 0.311 e. The molecule has 5 rings (SSSR count). The van der Waals surface area contributed by atoms with Gasteiger partial charge in [-0.3, -0.25) is 9.59 Å². The summed E-state index contributed by atoms with van der Waals surface area (Å²) in [6.45, 7) is 0.265. The van der Waals surface area contributed by atoms with Gasteiger partial charge in [0, 0.05) is 10.3 Å². The number of amides is 1. The molecule has 0 bridgehead atoms. The van der Waals surface area contributed by atoms with Gasteiger partial charge in [-0.2, -0.15) is 10.4 Å². The third kappa shape index (κ3) is 3.59. The Bertz CT molecular complexity index is 1430. The Morgan fingerprint density at radius 1 is 1.06 bits per heavy atom. The van der Waals surface area contributed by atoms with Crippen LogP contribution in [0.4, 0.5) is 5.00 Å². The van der Waals surface area contributed by atoms with Gasteiger partial charge in [0.1, 0.15) is 11.1 Å². The minimum Gasteiger partial charge on any atom is -0.311 e. The summed E-state index contributed by atoms with van der Waals surface area (Å²) in [4.78, 5) is 27.5. The number of anilines is 1. The van der Waals surface area contributed by atoms with Crippen molar-refractivity contribution in [2.24, 2.45) is 0 Å². The van der Waals surface area contributed by atoms with Crippen molar-refractivity contribution in [1.29, 1.82) is 5.26 Å². The second-order valence-corrected chi connectivity index (χ2v) is 8.93. The van der Waals surface area contributed by atoms with Crippen molar-refractivity contribution < 1.29 is 4.79 Å². The first kappa shape index (κ1) is 20.2. The number of nitrogens with zero attached hydrogens (tertiary/aromatic N) is 3. The number of nitriles is 1. The molecule has 1 aliphatic rings. The van der Waals surface area contributed by atoms with Gasteiger partial charge < -0.3 is 5.32 Å². The maximum Gasteiger partial charge on any atom is 0.277 e. The van der Waals surface area contributed by atoms with Crippen LogP contribution in [-0.4, -0.2) is 15.7 Å². The monoisotopic (exact) mass is 440 g/mol. The first-order chi connectivity index (χ1) is 15.7. The van der Waals surface area contributed by atoms with Crippen molar-refractivity contribution in [2.45, 2.75) is 32.2 Å². The summed E-state index contributed by atoms with van der Waals surface area (Å²) in [7, 11) is 0. The molecule has 0 spiro atoms. The molecule has 0 radical (unpaired) electrons. The number of nitrogens with one attached hydrogen (secondary N) is 1. The van der Waals surface area contributed by atoms with E-state index in [0.29, 0.717) is 21.3 Å². The first-order valence-corrected chi connectivity index (χ1v) is 11.4. The molecule has 158 valence electrons. The number of carbonyl (C=O) groups excluding carboxylic acids is 1. The van der Waals surface area contributed by atoms with Crippen LogP contribution in [-0.2, 0) is 19.4 Å². The van der Waals surface area contributed by atoms with Gasteiger partial charge in [0.2, 0.25) is 0 Å². The van der Waals surface area contributed by atoms with Crippen LogP contribution in [0, 0.1) is 11.3 Å². The van der Waals surface area contributed by atoms with E-state index in [9.17, 15) is 14.9 Å². The standard InChI is InChI=1S/C25H20N4O2S/c26-14-20-17-10-6-7-13-21(17)32-24(20)27-23(30)22-18-11-4-5-12-19(18)25(31)29(28-22)15-16-8-2-1-3-9-16/h1-5,8-9,11-12H,6-7,10,13,15H2,(H,27,30). The lowest BCUT2D eigenvalue weighted by atomic mass is 9.96. The van der Waals surface area contributed by atoms with Crippen LogP contribution in [0.2, 0.25) is 0 Å². The fourth-order valence-corrected chi connectivity index (χ4v) is 5.44. The summed E-state index contributed by atoms with van der Waals surface area (Å²) in [5, 5.41) is 18.6. The van der Waals surface area contributed by atoms with Crippen LogP contribution in [0.15, 0.2) is 59.4 Å². The van der Waals surface area contributed by atoms with Crippen molar-refractivity contribution in [2.75, 3.05) is 5.32 Å². The Labute approximate surface area is 188 Å². The number of aromatic nitrogens is 2. The zero-order valence-electron chi connectivity index (χ0n) is 17.3. The number of benzene rings is 2. The molecule has 0 saturated carbocycles. The highest BCUT2D eigenvalue weighted by Crippen LogP contribution is 2.37. The third-order valence-electron chi connectivity index (χ3n) is 5.77. The summed E-state index contributed by atoms with van der Waals surface area (Å²) in [5.74, 6) is -0.418. The summed E-state index contributed by atoms with van der Waals surface area (Å²) in [6, 6.07) is 18.8. The number of aryl methyl sites for hydroxylation is 1. The molecule has 2 heterocycles. The first-order valence-electron chi connectivity index (χ1n) is 10.6. The Balaban J connectivity index is 1.57. The van der Waals surface area contributed by atoms with Crippen LogP contribution in [0.25, 0.3) is 10.8 Å². The van der Waals surface area contributed by atoms with E-state index >= 15 is 0 Å². The van der Waals surface area contributed by atoms with E-state index in [-0.39, 0.29) is 17.8 Å². The predicted octanol–water partition coefficient (Wildman–Crippen LogP) is 4.51. The summed E-state index contributed by atoms with van der Waals surface area (Å²) < 4.78 is 1.33. The molecule has 4 aromatic rings. The molecule has 1 N–H and O–H groups in total. The second-order valence-electron chi connectivity index (χ2n) is 7.82. The topological polar surface area (TPSA) is 87.8 Å². The Morgan fingerprint density at radius 2 is 1.78 bits per heavy atom.